The zero-order valence-electron chi connectivity index (χ0n) is 21.9. The molecule has 200 valence electrons. The van der Waals surface area contributed by atoms with Gasteiger partial charge in [-0.3, -0.25) is 14.9 Å². The highest BCUT2D eigenvalue weighted by atomic mass is 16.5. The van der Waals surface area contributed by atoms with Crippen molar-refractivity contribution in [3.05, 3.63) is 132 Å². The Morgan fingerprint density at radius 2 is 0.976 bits per heavy atom. The number of ether oxygens (including phenoxy) is 2. The summed E-state index contributed by atoms with van der Waals surface area (Å²) in [7, 11) is 0. The van der Waals surface area contributed by atoms with Gasteiger partial charge in [0.1, 0.15) is 24.7 Å². The molecular formula is C34H25N3O4. The Balaban J connectivity index is 1.27. The smallest absolute Gasteiger partial charge is 0.259 e. The quantitative estimate of drug-likeness (QED) is 0.196. The number of hydrogen-bond donors (Lipinski definition) is 3. The predicted octanol–water partition coefficient (Wildman–Crippen LogP) is 6.37. The molecule has 2 amide bonds. The van der Waals surface area contributed by atoms with E-state index in [-0.39, 0.29) is 0 Å². The maximum Gasteiger partial charge on any atom is 0.259 e. The zero-order valence-corrected chi connectivity index (χ0v) is 21.9. The Morgan fingerprint density at radius 1 is 0.537 bits per heavy atom. The molecule has 0 atom stereocenters. The van der Waals surface area contributed by atoms with Gasteiger partial charge in [0.25, 0.3) is 11.8 Å². The SMILES string of the molecule is O=C1NC(=O)C(c2c[nH]c3ccc(OCc4ccccc4)cc23)=C1c1c[nH]c2ccc(OCc3ccccc3)cc12. The number of benzene rings is 4. The molecule has 0 fully saturated rings. The van der Waals surface area contributed by atoms with Crippen LogP contribution in [0.3, 0.4) is 0 Å². The highest BCUT2D eigenvalue weighted by Gasteiger charge is 2.34. The third-order valence-corrected chi connectivity index (χ3v) is 7.27. The second-order valence-corrected chi connectivity index (χ2v) is 9.90. The zero-order chi connectivity index (χ0) is 27.8. The molecule has 0 spiro atoms. The van der Waals surface area contributed by atoms with Crippen molar-refractivity contribution < 1.29 is 19.1 Å². The normalized spacial score (nSPS) is 13.3. The lowest BCUT2D eigenvalue weighted by Gasteiger charge is -2.08. The van der Waals surface area contributed by atoms with Crippen LogP contribution < -0.4 is 14.8 Å². The van der Waals surface area contributed by atoms with E-state index >= 15 is 0 Å². The van der Waals surface area contributed by atoms with Crippen LogP contribution in [0.25, 0.3) is 33.0 Å². The number of imide groups is 1. The first-order valence-corrected chi connectivity index (χ1v) is 13.3. The number of H-pyrrole nitrogens is 2. The number of aromatic amines is 2. The first kappa shape index (κ1) is 24.5. The van der Waals surface area contributed by atoms with Crippen molar-refractivity contribution >= 4 is 44.8 Å². The van der Waals surface area contributed by atoms with E-state index in [9.17, 15) is 9.59 Å². The van der Waals surface area contributed by atoms with E-state index in [1.54, 1.807) is 12.4 Å². The van der Waals surface area contributed by atoms with Gasteiger partial charge < -0.3 is 19.4 Å². The topological polar surface area (TPSA) is 96.2 Å². The highest BCUT2D eigenvalue weighted by molar-refractivity contribution is 6.50. The lowest BCUT2D eigenvalue weighted by molar-refractivity contribution is -0.122. The van der Waals surface area contributed by atoms with E-state index in [4.69, 9.17) is 9.47 Å². The first-order chi connectivity index (χ1) is 20.1. The second-order valence-electron chi connectivity index (χ2n) is 9.90. The fourth-order valence-electron chi connectivity index (χ4n) is 5.24. The molecule has 2 aromatic heterocycles. The van der Waals surface area contributed by atoms with Gasteiger partial charge in [0.15, 0.2) is 0 Å². The minimum absolute atomic E-state index is 0.318. The van der Waals surface area contributed by atoms with E-state index in [2.05, 4.69) is 15.3 Å². The van der Waals surface area contributed by atoms with Crippen LogP contribution in [0.15, 0.2) is 109 Å². The Kier molecular flexibility index (Phi) is 6.09. The number of hydrogen-bond acceptors (Lipinski definition) is 4. The van der Waals surface area contributed by atoms with E-state index in [0.717, 1.165) is 32.9 Å². The molecule has 1 aliphatic heterocycles. The van der Waals surface area contributed by atoms with Gasteiger partial charge in [-0.15, -0.1) is 0 Å². The maximum atomic E-state index is 13.2. The van der Waals surface area contributed by atoms with Crippen molar-refractivity contribution in [1.29, 1.82) is 0 Å². The molecule has 3 N–H and O–H groups in total. The number of nitrogens with one attached hydrogen (secondary N) is 3. The van der Waals surface area contributed by atoms with Crippen molar-refractivity contribution in [2.24, 2.45) is 0 Å². The Bertz CT molecular complexity index is 1810. The van der Waals surface area contributed by atoms with E-state index in [1.165, 1.54) is 0 Å². The maximum absolute atomic E-state index is 13.2. The molecule has 3 heterocycles. The number of fused-ring (bicyclic) bond motifs is 2. The number of rotatable bonds is 8. The van der Waals surface area contributed by atoms with Crippen molar-refractivity contribution in [3.8, 4) is 11.5 Å². The summed E-state index contributed by atoms with van der Waals surface area (Å²) in [6.07, 6.45) is 3.53. The molecule has 41 heavy (non-hydrogen) atoms. The fourth-order valence-corrected chi connectivity index (χ4v) is 5.24. The molecule has 0 bridgehead atoms. The van der Waals surface area contributed by atoms with E-state index in [0.29, 0.717) is 47.0 Å². The average molecular weight is 540 g/mol. The fraction of sp³-hybridized carbons (Fsp3) is 0.0588. The molecule has 7 nitrogen and oxygen atoms in total. The van der Waals surface area contributed by atoms with Crippen molar-refractivity contribution in [2.45, 2.75) is 13.2 Å². The summed E-state index contributed by atoms with van der Waals surface area (Å²) in [6, 6.07) is 31.2. The third kappa shape index (κ3) is 4.63. The molecule has 6 aromatic rings. The average Bonchev–Trinajstić information content (AvgIpc) is 3.69. The largest absolute Gasteiger partial charge is 0.489 e. The van der Waals surface area contributed by atoms with Gasteiger partial charge in [-0.2, -0.15) is 0 Å². The molecular weight excluding hydrogens is 514 g/mol. The van der Waals surface area contributed by atoms with Gasteiger partial charge in [-0.25, -0.2) is 0 Å². The van der Waals surface area contributed by atoms with Gasteiger partial charge >= 0.3 is 0 Å². The molecule has 0 saturated heterocycles. The van der Waals surface area contributed by atoms with Crippen LogP contribution in [0.5, 0.6) is 11.5 Å². The van der Waals surface area contributed by atoms with Gasteiger partial charge in [-0.1, -0.05) is 60.7 Å². The molecule has 4 aromatic carbocycles. The van der Waals surface area contributed by atoms with Crippen LogP contribution in [0, 0.1) is 0 Å². The summed E-state index contributed by atoms with van der Waals surface area (Å²) in [5.41, 5.74) is 5.68. The molecule has 7 heteroatoms. The van der Waals surface area contributed by atoms with Crippen LogP contribution in [0.1, 0.15) is 22.3 Å². The lowest BCUT2D eigenvalue weighted by Crippen LogP contribution is -2.22. The van der Waals surface area contributed by atoms with Gasteiger partial charge in [0.05, 0.1) is 11.1 Å². The summed E-state index contributed by atoms with van der Waals surface area (Å²) >= 11 is 0. The van der Waals surface area contributed by atoms with Crippen molar-refractivity contribution in [3.63, 3.8) is 0 Å². The first-order valence-electron chi connectivity index (χ1n) is 13.3. The number of aromatic nitrogens is 2. The second kappa shape index (κ2) is 10.2. The minimum atomic E-state index is -0.438. The van der Waals surface area contributed by atoms with E-state index in [1.807, 2.05) is 97.1 Å². The molecule has 0 saturated carbocycles. The molecule has 7 rings (SSSR count). The summed E-state index contributed by atoms with van der Waals surface area (Å²) in [6.45, 7) is 0.839. The summed E-state index contributed by atoms with van der Waals surface area (Å²) in [4.78, 5) is 32.9. The highest BCUT2D eigenvalue weighted by Crippen LogP contribution is 2.39. The summed E-state index contributed by atoms with van der Waals surface area (Å²) in [5.74, 6) is 0.461. The molecule has 0 radical (unpaired) electrons. The standard InChI is InChI=1S/C34H25N3O4/c38-33-31(27-17-35-29-13-11-23(15-25(27)29)40-19-21-7-3-1-4-8-21)32(34(39)37-33)28-18-36-30-14-12-24(16-26(28)30)41-20-22-9-5-2-6-10-22/h1-18,35-36H,19-20H2,(H,37,38,39). The van der Waals surface area contributed by atoms with Crippen molar-refractivity contribution in [1.82, 2.24) is 15.3 Å². The number of carbonyl (C=O) groups is 2. The van der Waals surface area contributed by atoms with Gasteiger partial charge in [0.2, 0.25) is 0 Å². The van der Waals surface area contributed by atoms with Crippen LogP contribution >= 0.6 is 0 Å². The lowest BCUT2D eigenvalue weighted by atomic mass is 9.95. The molecule has 0 unspecified atom stereocenters. The van der Waals surface area contributed by atoms with Crippen LogP contribution in [-0.2, 0) is 22.8 Å². The Hall–Kier alpha value is -5.56. The summed E-state index contributed by atoms with van der Waals surface area (Å²) < 4.78 is 12.1. The van der Waals surface area contributed by atoms with Crippen LogP contribution in [0.2, 0.25) is 0 Å². The Morgan fingerprint density at radius 3 is 1.41 bits per heavy atom. The predicted molar refractivity (Wildman–Crippen MR) is 158 cm³/mol. The van der Waals surface area contributed by atoms with Gasteiger partial charge in [-0.05, 0) is 47.5 Å². The molecule has 0 aliphatic carbocycles. The number of amides is 2. The van der Waals surface area contributed by atoms with Gasteiger partial charge in [0, 0.05) is 45.3 Å². The summed E-state index contributed by atoms with van der Waals surface area (Å²) in [5, 5.41) is 4.09. The van der Waals surface area contributed by atoms with Crippen molar-refractivity contribution in [2.75, 3.05) is 0 Å². The van der Waals surface area contributed by atoms with Crippen LogP contribution in [0.4, 0.5) is 0 Å². The minimum Gasteiger partial charge on any atom is -0.489 e. The Labute approximate surface area is 235 Å². The monoisotopic (exact) mass is 539 g/mol. The van der Waals surface area contributed by atoms with E-state index < -0.39 is 11.8 Å². The van der Waals surface area contributed by atoms with Crippen LogP contribution in [-0.4, -0.2) is 21.8 Å². The third-order valence-electron chi connectivity index (χ3n) is 7.27. The molecule has 1 aliphatic rings. The number of carbonyl (C=O) groups excluding carboxylic acids is 2.